The van der Waals surface area contributed by atoms with Crippen LogP contribution in [0.1, 0.15) is 29.2 Å². The average Bonchev–Trinajstić information content (AvgIpc) is 2.69. The van der Waals surface area contributed by atoms with Crippen LogP contribution < -0.4 is 10.2 Å². The van der Waals surface area contributed by atoms with Crippen LogP contribution in [0.4, 0.5) is 17.5 Å². The van der Waals surface area contributed by atoms with Crippen molar-refractivity contribution < 1.29 is 0 Å². The average molecular weight is 345 g/mol. The predicted molar refractivity (Wildman–Crippen MR) is 105 cm³/mol. The Morgan fingerprint density at radius 1 is 1.08 bits per heavy atom. The molecule has 1 aromatic heterocycles. The van der Waals surface area contributed by atoms with Crippen LogP contribution in [0.3, 0.4) is 0 Å². The van der Waals surface area contributed by atoms with Crippen LogP contribution in [-0.2, 0) is 19.4 Å². The third-order valence-corrected chi connectivity index (χ3v) is 4.98. The highest BCUT2D eigenvalue weighted by atomic mass is 15.3. The van der Waals surface area contributed by atoms with Gasteiger partial charge < -0.3 is 10.2 Å². The minimum atomic E-state index is 0.547. The second-order valence-corrected chi connectivity index (χ2v) is 6.67. The summed E-state index contributed by atoms with van der Waals surface area (Å²) in [7, 11) is 0. The van der Waals surface area contributed by atoms with Gasteiger partial charge in [0.25, 0.3) is 0 Å². The van der Waals surface area contributed by atoms with Gasteiger partial charge in [-0.15, -0.1) is 5.10 Å². The fourth-order valence-corrected chi connectivity index (χ4v) is 3.51. The molecule has 3 aromatic rings. The molecule has 1 aliphatic rings. The van der Waals surface area contributed by atoms with Crippen molar-refractivity contribution in [3.05, 3.63) is 70.9 Å². The second-order valence-electron chi connectivity index (χ2n) is 6.67. The Kier molecular flexibility index (Phi) is 4.52. The smallest absolute Gasteiger partial charge is 0.249 e. The molecule has 0 radical (unpaired) electrons. The van der Waals surface area contributed by atoms with E-state index in [4.69, 9.17) is 4.98 Å². The first-order valence-electron chi connectivity index (χ1n) is 9.11. The monoisotopic (exact) mass is 345 g/mol. The first kappa shape index (κ1) is 16.5. The van der Waals surface area contributed by atoms with E-state index >= 15 is 0 Å². The van der Waals surface area contributed by atoms with Gasteiger partial charge in [0, 0.05) is 18.8 Å². The molecule has 2 aromatic carbocycles. The number of aryl methyl sites for hydroxylation is 2. The minimum absolute atomic E-state index is 0.547. The molecule has 0 amide bonds. The number of rotatable bonds is 4. The fraction of sp³-hybridized carbons (Fsp3) is 0.286. The van der Waals surface area contributed by atoms with Crippen LogP contribution in [0.5, 0.6) is 0 Å². The van der Waals surface area contributed by atoms with Gasteiger partial charge in [-0.1, -0.05) is 49.4 Å². The molecule has 0 unspecified atom stereocenters. The molecule has 0 saturated carbocycles. The Morgan fingerprint density at radius 2 is 1.92 bits per heavy atom. The molecule has 1 aliphatic heterocycles. The van der Waals surface area contributed by atoms with E-state index in [0.717, 1.165) is 37.4 Å². The van der Waals surface area contributed by atoms with Gasteiger partial charge >= 0.3 is 0 Å². The van der Waals surface area contributed by atoms with E-state index in [2.05, 4.69) is 76.7 Å². The van der Waals surface area contributed by atoms with E-state index in [1.807, 2.05) is 0 Å². The van der Waals surface area contributed by atoms with Gasteiger partial charge in [-0.2, -0.15) is 10.1 Å². The lowest BCUT2D eigenvalue weighted by Crippen LogP contribution is -2.31. The van der Waals surface area contributed by atoms with Gasteiger partial charge in [0.1, 0.15) is 0 Å². The number of nitrogens with one attached hydrogen (secondary N) is 1. The summed E-state index contributed by atoms with van der Waals surface area (Å²) in [5.41, 5.74) is 6.31. The van der Waals surface area contributed by atoms with Crippen LogP contribution in [0.15, 0.2) is 48.7 Å². The summed E-state index contributed by atoms with van der Waals surface area (Å²) < 4.78 is 0. The van der Waals surface area contributed by atoms with Gasteiger partial charge in [0.15, 0.2) is 5.82 Å². The highest BCUT2D eigenvalue weighted by Gasteiger charge is 2.18. The summed E-state index contributed by atoms with van der Waals surface area (Å²) in [5.74, 6) is 1.41. The van der Waals surface area contributed by atoms with E-state index in [0.29, 0.717) is 5.95 Å². The number of hydrogen-bond acceptors (Lipinski definition) is 5. The molecular formula is C21H23N5. The third kappa shape index (κ3) is 3.25. The van der Waals surface area contributed by atoms with Crippen LogP contribution >= 0.6 is 0 Å². The molecule has 26 heavy (non-hydrogen) atoms. The number of anilines is 3. The summed E-state index contributed by atoms with van der Waals surface area (Å²) in [5, 5.41) is 11.8. The van der Waals surface area contributed by atoms with Crippen LogP contribution in [-0.4, -0.2) is 21.7 Å². The van der Waals surface area contributed by atoms with Crippen molar-refractivity contribution in [1.82, 2.24) is 15.2 Å². The summed E-state index contributed by atoms with van der Waals surface area (Å²) in [6.45, 7) is 6.06. The van der Waals surface area contributed by atoms with Crippen LogP contribution in [0.2, 0.25) is 0 Å². The molecule has 0 atom stereocenters. The molecule has 0 bridgehead atoms. The van der Waals surface area contributed by atoms with E-state index in [1.54, 1.807) is 6.20 Å². The first-order valence-corrected chi connectivity index (χ1v) is 9.11. The molecule has 4 rings (SSSR count). The maximum absolute atomic E-state index is 4.72. The third-order valence-electron chi connectivity index (χ3n) is 4.98. The topological polar surface area (TPSA) is 53.9 Å². The number of benzene rings is 2. The molecule has 5 nitrogen and oxygen atoms in total. The largest absolute Gasteiger partial charge is 0.350 e. The molecule has 0 fully saturated rings. The van der Waals surface area contributed by atoms with Crippen molar-refractivity contribution in [2.24, 2.45) is 0 Å². The van der Waals surface area contributed by atoms with Gasteiger partial charge in [0.05, 0.1) is 6.20 Å². The van der Waals surface area contributed by atoms with E-state index < -0.39 is 0 Å². The Morgan fingerprint density at radius 3 is 2.77 bits per heavy atom. The number of fused-ring (bicyclic) bond motifs is 1. The molecule has 0 spiro atoms. The number of para-hydroxylation sites is 1. The van der Waals surface area contributed by atoms with Crippen molar-refractivity contribution in [1.29, 1.82) is 0 Å². The van der Waals surface area contributed by atoms with Crippen molar-refractivity contribution in [2.75, 3.05) is 16.8 Å². The Hall–Kier alpha value is -2.95. The maximum Gasteiger partial charge on any atom is 0.249 e. The van der Waals surface area contributed by atoms with Crippen LogP contribution in [0.25, 0.3) is 0 Å². The van der Waals surface area contributed by atoms with Crippen molar-refractivity contribution >= 4 is 17.5 Å². The van der Waals surface area contributed by atoms with E-state index in [1.165, 1.54) is 22.3 Å². The van der Waals surface area contributed by atoms with Crippen molar-refractivity contribution in [3.63, 3.8) is 0 Å². The first-order chi connectivity index (χ1) is 12.7. The summed E-state index contributed by atoms with van der Waals surface area (Å²) >= 11 is 0. The zero-order valence-corrected chi connectivity index (χ0v) is 15.2. The van der Waals surface area contributed by atoms with Gasteiger partial charge in [-0.3, -0.25) is 0 Å². The normalized spacial score (nSPS) is 13.4. The maximum atomic E-state index is 4.72. The molecule has 0 aliphatic carbocycles. The Balaban J connectivity index is 1.59. The van der Waals surface area contributed by atoms with Crippen molar-refractivity contribution in [2.45, 2.75) is 33.2 Å². The lowest BCUT2D eigenvalue weighted by molar-refractivity contribution is 0.715. The summed E-state index contributed by atoms with van der Waals surface area (Å²) in [6, 6.07) is 14.9. The van der Waals surface area contributed by atoms with E-state index in [9.17, 15) is 0 Å². The van der Waals surface area contributed by atoms with Crippen molar-refractivity contribution in [3.8, 4) is 0 Å². The number of hydrogen-bond donors (Lipinski definition) is 1. The molecule has 5 heteroatoms. The Bertz CT molecular complexity index is 922. The highest BCUT2D eigenvalue weighted by molar-refractivity contribution is 5.63. The summed E-state index contributed by atoms with van der Waals surface area (Å²) in [4.78, 5) is 6.99. The zero-order chi connectivity index (χ0) is 17.9. The fourth-order valence-electron chi connectivity index (χ4n) is 3.51. The molecule has 0 saturated heterocycles. The summed E-state index contributed by atoms with van der Waals surface area (Å²) in [6.07, 6.45) is 3.73. The number of nitrogens with zero attached hydrogens (tertiary/aromatic N) is 4. The van der Waals surface area contributed by atoms with Gasteiger partial charge in [-0.05, 0) is 42.0 Å². The Labute approximate surface area is 154 Å². The minimum Gasteiger partial charge on any atom is -0.350 e. The lowest BCUT2D eigenvalue weighted by atomic mass is 10.0. The van der Waals surface area contributed by atoms with Gasteiger partial charge in [-0.25, -0.2) is 0 Å². The quantitative estimate of drug-likeness (QED) is 0.773. The zero-order valence-electron chi connectivity index (χ0n) is 15.2. The molecule has 1 N–H and O–H groups in total. The molecular weight excluding hydrogens is 322 g/mol. The molecule has 2 heterocycles. The number of aromatic nitrogens is 3. The van der Waals surface area contributed by atoms with Gasteiger partial charge in [0.2, 0.25) is 5.95 Å². The van der Waals surface area contributed by atoms with Crippen LogP contribution in [0, 0.1) is 6.92 Å². The lowest BCUT2D eigenvalue weighted by Gasteiger charge is -2.29. The predicted octanol–water partition coefficient (Wildman–Crippen LogP) is 4.05. The molecule has 132 valence electrons. The standard InChI is InChI=1S/C21H23N5/c1-3-16-10-6-7-15(2)20(16)24-21-23-19(13-22-25-21)26-12-11-17-8-4-5-9-18(17)14-26/h4-10,13H,3,11-12,14H2,1-2H3,(H,23,24,25). The van der Waals surface area contributed by atoms with E-state index in [-0.39, 0.29) is 0 Å². The SMILES string of the molecule is CCc1cccc(C)c1Nc1nncc(N2CCc3ccccc3C2)n1. The highest BCUT2D eigenvalue weighted by Crippen LogP contribution is 2.26. The second kappa shape index (κ2) is 7.12.